The first-order valence-electron chi connectivity index (χ1n) is 11.7. The smallest absolute Gasteiger partial charge is 0.450 e. The monoisotopic (exact) mass is 498 g/mol. The molecule has 188 valence electrons. The van der Waals surface area contributed by atoms with Gasteiger partial charge >= 0.3 is 12.1 Å². The van der Waals surface area contributed by atoms with Gasteiger partial charge in [-0.05, 0) is 36.6 Å². The molecular formula is C27H25F3N2O4. The molecule has 0 aliphatic heterocycles. The third-order valence-corrected chi connectivity index (χ3v) is 5.78. The van der Waals surface area contributed by atoms with E-state index in [4.69, 9.17) is 9.15 Å². The number of unbranched alkanes of at least 4 members (excludes halogenated alkanes) is 3. The van der Waals surface area contributed by atoms with Crippen molar-refractivity contribution in [2.24, 2.45) is 0 Å². The summed E-state index contributed by atoms with van der Waals surface area (Å²) in [6.45, 7) is 3.28. The van der Waals surface area contributed by atoms with E-state index in [1.807, 2.05) is 0 Å². The van der Waals surface area contributed by atoms with Gasteiger partial charge in [0.05, 0.1) is 22.8 Å². The van der Waals surface area contributed by atoms with Gasteiger partial charge in [0.1, 0.15) is 11.3 Å². The van der Waals surface area contributed by atoms with E-state index < -0.39 is 28.9 Å². The van der Waals surface area contributed by atoms with Crippen LogP contribution in [0.25, 0.3) is 27.8 Å². The summed E-state index contributed by atoms with van der Waals surface area (Å²) in [4.78, 5) is 25.1. The van der Waals surface area contributed by atoms with Crippen LogP contribution in [0.2, 0.25) is 0 Å². The normalized spacial score (nSPS) is 11.7. The molecule has 0 radical (unpaired) electrons. The van der Waals surface area contributed by atoms with Crippen LogP contribution in [-0.4, -0.2) is 15.7 Å². The number of esters is 1. The fourth-order valence-corrected chi connectivity index (χ4v) is 4.09. The first kappa shape index (κ1) is 25.2. The predicted molar refractivity (Wildman–Crippen MR) is 129 cm³/mol. The Kier molecular flexibility index (Phi) is 7.28. The summed E-state index contributed by atoms with van der Waals surface area (Å²) >= 11 is 0. The minimum Gasteiger partial charge on any atom is -0.450 e. The van der Waals surface area contributed by atoms with Gasteiger partial charge in [0.25, 0.3) is 0 Å². The number of aromatic nitrogens is 2. The third kappa shape index (κ3) is 5.35. The van der Waals surface area contributed by atoms with Crippen molar-refractivity contribution in [2.75, 3.05) is 0 Å². The minimum absolute atomic E-state index is 0.0182. The number of ether oxygens (including phenoxy) is 1. The molecule has 0 fully saturated rings. The first-order chi connectivity index (χ1) is 17.2. The van der Waals surface area contributed by atoms with E-state index in [2.05, 4.69) is 12.0 Å². The van der Waals surface area contributed by atoms with E-state index >= 15 is 0 Å². The molecule has 36 heavy (non-hydrogen) atoms. The lowest BCUT2D eigenvalue weighted by atomic mass is 10.00. The van der Waals surface area contributed by atoms with Crippen LogP contribution in [0, 0.1) is 0 Å². The Morgan fingerprint density at radius 2 is 1.86 bits per heavy atom. The summed E-state index contributed by atoms with van der Waals surface area (Å²) in [5, 5.41) is 4.12. The van der Waals surface area contributed by atoms with Gasteiger partial charge in [-0.15, -0.1) is 0 Å². The van der Waals surface area contributed by atoms with E-state index in [0.29, 0.717) is 17.7 Å². The van der Waals surface area contributed by atoms with Crippen molar-refractivity contribution in [3.05, 3.63) is 76.4 Å². The Bertz CT molecular complexity index is 1440. The van der Waals surface area contributed by atoms with Gasteiger partial charge in [-0.2, -0.15) is 18.3 Å². The molecule has 0 saturated heterocycles. The second-order valence-electron chi connectivity index (χ2n) is 8.50. The SMILES string of the molecule is CCCCCCc1cc2c(=O)c(-c3cnn(-c4ccccc4)c3)c(C(F)(F)F)oc2cc1OC(C)=O. The lowest BCUT2D eigenvalue weighted by Crippen LogP contribution is -2.16. The maximum Gasteiger partial charge on any atom is 0.450 e. The number of nitrogens with zero attached hydrogens (tertiary/aromatic N) is 2. The molecule has 0 atom stereocenters. The van der Waals surface area contributed by atoms with Crippen LogP contribution in [0.5, 0.6) is 5.75 Å². The highest BCUT2D eigenvalue weighted by Crippen LogP contribution is 2.38. The first-order valence-corrected chi connectivity index (χ1v) is 11.7. The molecule has 0 saturated carbocycles. The third-order valence-electron chi connectivity index (χ3n) is 5.78. The molecule has 2 aromatic carbocycles. The van der Waals surface area contributed by atoms with Gasteiger partial charge < -0.3 is 9.15 Å². The average Bonchev–Trinajstić information content (AvgIpc) is 3.31. The molecule has 9 heteroatoms. The molecule has 0 spiro atoms. The fraction of sp³-hybridized carbons (Fsp3) is 0.296. The van der Waals surface area contributed by atoms with Gasteiger partial charge in [-0.1, -0.05) is 44.4 Å². The molecule has 0 aliphatic rings. The van der Waals surface area contributed by atoms with Crippen molar-refractivity contribution in [3.8, 4) is 22.6 Å². The summed E-state index contributed by atoms with van der Waals surface area (Å²) in [5.74, 6) is -1.96. The van der Waals surface area contributed by atoms with Crippen LogP contribution in [-0.2, 0) is 17.4 Å². The van der Waals surface area contributed by atoms with Crippen LogP contribution in [0.15, 0.2) is 64.1 Å². The van der Waals surface area contributed by atoms with Crippen LogP contribution < -0.4 is 10.2 Å². The summed E-state index contributed by atoms with van der Waals surface area (Å²) < 4.78 is 54.1. The summed E-state index contributed by atoms with van der Waals surface area (Å²) in [6.07, 6.45) is 1.87. The number of hydrogen-bond acceptors (Lipinski definition) is 5. The summed E-state index contributed by atoms with van der Waals surface area (Å²) in [6, 6.07) is 11.5. The van der Waals surface area contributed by atoms with E-state index in [9.17, 15) is 22.8 Å². The Balaban J connectivity index is 1.89. The van der Waals surface area contributed by atoms with Crippen molar-refractivity contribution in [2.45, 2.75) is 52.1 Å². The highest BCUT2D eigenvalue weighted by Gasteiger charge is 2.40. The summed E-state index contributed by atoms with van der Waals surface area (Å²) in [5.41, 5.74) is -0.583. The van der Waals surface area contributed by atoms with Crippen LogP contribution in [0.4, 0.5) is 13.2 Å². The zero-order valence-corrected chi connectivity index (χ0v) is 19.9. The van der Waals surface area contributed by atoms with Crippen LogP contribution in [0.1, 0.15) is 50.9 Å². The quantitative estimate of drug-likeness (QED) is 0.153. The molecule has 0 amide bonds. The summed E-state index contributed by atoms with van der Waals surface area (Å²) in [7, 11) is 0. The molecule has 2 aromatic heterocycles. The van der Waals surface area contributed by atoms with Crippen molar-refractivity contribution in [3.63, 3.8) is 0 Å². The van der Waals surface area contributed by atoms with E-state index in [1.165, 1.54) is 36.1 Å². The number of benzene rings is 2. The minimum atomic E-state index is -4.95. The Hall–Kier alpha value is -3.88. The number of halogens is 3. The van der Waals surface area contributed by atoms with E-state index in [0.717, 1.165) is 25.7 Å². The molecule has 4 aromatic rings. The maximum absolute atomic E-state index is 14.1. The second-order valence-corrected chi connectivity index (χ2v) is 8.50. The topological polar surface area (TPSA) is 74.3 Å². The number of carbonyl (C=O) groups excluding carboxylic acids is 1. The van der Waals surface area contributed by atoms with Crippen LogP contribution >= 0.6 is 0 Å². The highest BCUT2D eigenvalue weighted by atomic mass is 19.4. The number of fused-ring (bicyclic) bond motifs is 1. The van der Waals surface area contributed by atoms with E-state index in [-0.39, 0.29) is 22.3 Å². The maximum atomic E-state index is 14.1. The van der Waals surface area contributed by atoms with Gasteiger partial charge in [-0.25, -0.2) is 4.68 Å². The number of hydrogen-bond donors (Lipinski definition) is 0. The number of carbonyl (C=O) groups is 1. The zero-order chi connectivity index (χ0) is 25.9. The number of rotatable bonds is 8. The average molecular weight is 499 g/mol. The van der Waals surface area contributed by atoms with Crippen molar-refractivity contribution in [1.82, 2.24) is 9.78 Å². The lowest BCUT2D eigenvalue weighted by molar-refractivity contribution is -0.152. The van der Waals surface area contributed by atoms with Gasteiger partial charge in [0.15, 0.2) is 0 Å². The van der Waals surface area contributed by atoms with Crippen molar-refractivity contribution in [1.29, 1.82) is 0 Å². The largest absolute Gasteiger partial charge is 0.450 e. The van der Waals surface area contributed by atoms with Crippen molar-refractivity contribution >= 4 is 16.9 Å². The molecule has 0 unspecified atom stereocenters. The second kappa shape index (κ2) is 10.4. The molecule has 6 nitrogen and oxygen atoms in total. The predicted octanol–water partition coefficient (Wildman–Crippen LogP) is 6.71. The number of para-hydroxylation sites is 1. The standard InChI is InChI=1S/C27H25F3N2O4/c1-3-4-5-7-10-18-13-21-23(14-22(18)35-17(2)33)36-26(27(28,29)30)24(25(21)34)19-15-31-32(16-19)20-11-8-6-9-12-20/h6,8-9,11-16H,3-5,7,10H2,1-2H3. The van der Waals surface area contributed by atoms with Gasteiger partial charge in [0, 0.05) is 24.8 Å². The number of alkyl halides is 3. The molecular weight excluding hydrogens is 473 g/mol. The lowest BCUT2D eigenvalue weighted by Gasteiger charge is -2.14. The fourth-order valence-electron chi connectivity index (χ4n) is 4.09. The molecule has 0 N–H and O–H groups in total. The zero-order valence-electron chi connectivity index (χ0n) is 19.9. The Morgan fingerprint density at radius 3 is 2.53 bits per heavy atom. The number of aryl methyl sites for hydroxylation is 1. The van der Waals surface area contributed by atoms with Gasteiger partial charge in [0.2, 0.25) is 11.2 Å². The molecule has 4 rings (SSSR count). The molecule has 0 aliphatic carbocycles. The van der Waals surface area contributed by atoms with Crippen LogP contribution in [0.3, 0.4) is 0 Å². The van der Waals surface area contributed by atoms with Gasteiger partial charge in [-0.3, -0.25) is 9.59 Å². The molecule has 0 bridgehead atoms. The highest BCUT2D eigenvalue weighted by molar-refractivity contribution is 5.85. The molecule has 2 heterocycles. The Morgan fingerprint density at radius 1 is 1.11 bits per heavy atom. The van der Waals surface area contributed by atoms with Crippen molar-refractivity contribution < 1.29 is 27.1 Å². The van der Waals surface area contributed by atoms with E-state index in [1.54, 1.807) is 30.3 Å². The Labute approximate surface area is 205 Å².